The molecular weight excluding hydrogens is 372 g/mol. The van der Waals surface area contributed by atoms with E-state index in [1.807, 2.05) is 45.3 Å². The maximum atomic E-state index is 12.2. The molecule has 0 saturated carbocycles. The van der Waals surface area contributed by atoms with Crippen LogP contribution >= 0.6 is 15.9 Å². The van der Waals surface area contributed by atoms with Gasteiger partial charge in [0, 0.05) is 24.3 Å². The van der Waals surface area contributed by atoms with Gasteiger partial charge in [0.2, 0.25) is 0 Å². The number of halogens is 1. The van der Waals surface area contributed by atoms with Crippen molar-refractivity contribution in [2.75, 3.05) is 19.8 Å². The summed E-state index contributed by atoms with van der Waals surface area (Å²) in [5.74, 6) is 1.41. The van der Waals surface area contributed by atoms with Crippen LogP contribution in [0, 0.1) is 0 Å². The van der Waals surface area contributed by atoms with E-state index in [1.54, 1.807) is 10.6 Å². The maximum Gasteiger partial charge on any atom is 0.267 e. The van der Waals surface area contributed by atoms with Gasteiger partial charge in [-0.3, -0.25) is 4.79 Å². The fourth-order valence-electron chi connectivity index (χ4n) is 2.41. The molecule has 1 amide bonds. The van der Waals surface area contributed by atoms with E-state index in [0.717, 1.165) is 28.0 Å². The van der Waals surface area contributed by atoms with Crippen LogP contribution in [0.15, 0.2) is 34.9 Å². The molecule has 1 aromatic carbocycles. The number of rotatable bonds is 8. The second-order valence-corrected chi connectivity index (χ2v) is 6.22. The van der Waals surface area contributed by atoms with Gasteiger partial charge in [-0.2, -0.15) is 0 Å². The summed E-state index contributed by atoms with van der Waals surface area (Å²) in [7, 11) is 1.85. The maximum absolute atomic E-state index is 12.2. The number of aryl methyl sites for hydroxylation is 1. The van der Waals surface area contributed by atoms with Crippen molar-refractivity contribution in [3.8, 4) is 11.5 Å². The molecule has 0 saturated heterocycles. The summed E-state index contributed by atoms with van der Waals surface area (Å²) in [5.41, 5.74) is 1.72. The average Bonchev–Trinajstić information content (AvgIpc) is 2.89. The summed E-state index contributed by atoms with van der Waals surface area (Å²) in [4.78, 5) is 12.2. The summed E-state index contributed by atoms with van der Waals surface area (Å²) in [6.07, 6.45) is 2.58. The lowest BCUT2D eigenvalue weighted by Crippen LogP contribution is -2.27. The fourth-order valence-corrected chi connectivity index (χ4v) is 2.94. The van der Waals surface area contributed by atoms with E-state index in [9.17, 15) is 4.79 Å². The zero-order valence-corrected chi connectivity index (χ0v) is 15.9. The summed E-state index contributed by atoms with van der Waals surface area (Å²) >= 11 is 3.37. The Bertz CT molecular complexity index is 698. The molecule has 130 valence electrons. The number of hydrogen-bond acceptors (Lipinski definition) is 3. The van der Waals surface area contributed by atoms with Crippen LogP contribution < -0.4 is 14.8 Å². The van der Waals surface area contributed by atoms with E-state index >= 15 is 0 Å². The van der Waals surface area contributed by atoms with Crippen molar-refractivity contribution in [1.82, 2.24) is 9.88 Å². The van der Waals surface area contributed by atoms with E-state index in [2.05, 4.69) is 21.2 Å². The molecule has 0 aliphatic rings. The molecule has 2 aromatic rings. The van der Waals surface area contributed by atoms with Crippen molar-refractivity contribution in [3.63, 3.8) is 0 Å². The Hall–Kier alpha value is -1.95. The third-order valence-electron chi connectivity index (χ3n) is 3.51. The zero-order valence-electron chi connectivity index (χ0n) is 14.3. The van der Waals surface area contributed by atoms with E-state index in [1.165, 1.54) is 0 Å². The van der Waals surface area contributed by atoms with E-state index in [-0.39, 0.29) is 5.91 Å². The summed E-state index contributed by atoms with van der Waals surface area (Å²) in [6, 6.07) is 7.69. The predicted molar refractivity (Wildman–Crippen MR) is 97.9 cm³/mol. The standard InChI is InChI=1S/C18H23BrN2O3/c1-4-23-16-7-6-13(10-17(16)24-5-2)8-9-20-18(22)15-11-14(19)12-21(15)3/h6-7,10-12H,4-5,8-9H2,1-3H3,(H,20,22). The smallest absolute Gasteiger partial charge is 0.267 e. The molecule has 0 atom stereocenters. The molecule has 1 N–H and O–H groups in total. The van der Waals surface area contributed by atoms with Crippen molar-refractivity contribution in [3.05, 3.63) is 46.2 Å². The van der Waals surface area contributed by atoms with Gasteiger partial charge in [0.15, 0.2) is 11.5 Å². The van der Waals surface area contributed by atoms with Crippen LogP contribution in [-0.4, -0.2) is 30.2 Å². The molecule has 0 unspecified atom stereocenters. The number of amides is 1. The van der Waals surface area contributed by atoms with Crippen molar-refractivity contribution < 1.29 is 14.3 Å². The number of nitrogens with one attached hydrogen (secondary N) is 1. The van der Waals surface area contributed by atoms with Gasteiger partial charge in [-0.05, 0) is 60.0 Å². The first-order valence-electron chi connectivity index (χ1n) is 8.03. The highest BCUT2D eigenvalue weighted by atomic mass is 79.9. The van der Waals surface area contributed by atoms with Crippen molar-refractivity contribution in [2.45, 2.75) is 20.3 Å². The first kappa shape index (κ1) is 18.4. The Morgan fingerprint density at radius 2 is 1.88 bits per heavy atom. The molecule has 0 radical (unpaired) electrons. The highest BCUT2D eigenvalue weighted by Crippen LogP contribution is 2.28. The highest BCUT2D eigenvalue weighted by Gasteiger charge is 2.11. The van der Waals surface area contributed by atoms with Crippen LogP contribution in [0.3, 0.4) is 0 Å². The molecule has 1 aromatic heterocycles. The van der Waals surface area contributed by atoms with Gasteiger partial charge in [-0.25, -0.2) is 0 Å². The third kappa shape index (κ3) is 4.77. The van der Waals surface area contributed by atoms with E-state index < -0.39 is 0 Å². The minimum atomic E-state index is -0.0841. The summed E-state index contributed by atoms with van der Waals surface area (Å²) in [6.45, 7) is 5.63. The Balaban J connectivity index is 1.95. The van der Waals surface area contributed by atoms with Gasteiger partial charge in [-0.1, -0.05) is 6.07 Å². The highest BCUT2D eigenvalue weighted by molar-refractivity contribution is 9.10. The Morgan fingerprint density at radius 3 is 2.50 bits per heavy atom. The first-order valence-corrected chi connectivity index (χ1v) is 8.83. The molecule has 1 heterocycles. The van der Waals surface area contributed by atoms with Gasteiger partial charge in [-0.15, -0.1) is 0 Å². The van der Waals surface area contributed by atoms with Crippen LogP contribution in [0.4, 0.5) is 0 Å². The second-order valence-electron chi connectivity index (χ2n) is 5.31. The molecule has 0 bridgehead atoms. The Kier molecular flexibility index (Phi) is 6.73. The molecule has 6 heteroatoms. The van der Waals surface area contributed by atoms with Crippen LogP contribution in [-0.2, 0) is 13.5 Å². The lowest BCUT2D eigenvalue weighted by Gasteiger charge is -2.12. The lowest BCUT2D eigenvalue weighted by molar-refractivity contribution is 0.0946. The number of hydrogen-bond donors (Lipinski definition) is 1. The van der Waals surface area contributed by atoms with Crippen LogP contribution in [0.5, 0.6) is 11.5 Å². The number of benzene rings is 1. The molecule has 0 aliphatic carbocycles. The summed E-state index contributed by atoms with van der Waals surface area (Å²) < 4.78 is 13.9. The minimum absolute atomic E-state index is 0.0841. The summed E-state index contributed by atoms with van der Waals surface area (Å²) in [5, 5.41) is 2.94. The zero-order chi connectivity index (χ0) is 17.5. The Morgan fingerprint density at radius 1 is 1.17 bits per heavy atom. The lowest BCUT2D eigenvalue weighted by atomic mass is 10.1. The number of aromatic nitrogens is 1. The van der Waals surface area contributed by atoms with Gasteiger partial charge in [0.25, 0.3) is 5.91 Å². The minimum Gasteiger partial charge on any atom is -0.490 e. The van der Waals surface area contributed by atoms with Crippen molar-refractivity contribution in [1.29, 1.82) is 0 Å². The van der Waals surface area contributed by atoms with E-state index in [0.29, 0.717) is 25.5 Å². The van der Waals surface area contributed by atoms with Gasteiger partial charge < -0.3 is 19.4 Å². The van der Waals surface area contributed by atoms with Gasteiger partial charge in [0.05, 0.1) is 13.2 Å². The van der Waals surface area contributed by atoms with Crippen molar-refractivity contribution in [2.24, 2.45) is 7.05 Å². The number of nitrogens with zero attached hydrogens (tertiary/aromatic N) is 1. The van der Waals surface area contributed by atoms with Gasteiger partial charge >= 0.3 is 0 Å². The number of ether oxygens (including phenoxy) is 2. The molecule has 0 aliphatic heterocycles. The fraction of sp³-hybridized carbons (Fsp3) is 0.389. The number of carbonyl (C=O) groups excluding carboxylic acids is 1. The average molecular weight is 395 g/mol. The SMILES string of the molecule is CCOc1ccc(CCNC(=O)c2cc(Br)cn2C)cc1OCC. The quantitative estimate of drug-likeness (QED) is 0.744. The van der Waals surface area contributed by atoms with Gasteiger partial charge in [0.1, 0.15) is 5.69 Å². The molecule has 5 nitrogen and oxygen atoms in total. The second kappa shape index (κ2) is 8.78. The molecule has 0 spiro atoms. The molecule has 24 heavy (non-hydrogen) atoms. The van der Waals surface area contributed by atoms with E-state index in [4.69, 9.17) is 9.47 Å². The van der Waals surface area contributed by atoms with Crippen LogP contribution in [0.2, 0.25) is 0 Å². The number of carbonyl (C=O) groups is 1. The normalized spacial score (nSPS) is 10.5. The molecule has 0 fully saturated rings. The Labute approximate surface area is 151 Å². The predicted octanol–water partition coefficient (Wildman–Crippen LogP) is 3.56. The van der Waals surface area contributed by atoms with Crippen LogP contribution in [0.1, 0.15) is 29.9 Å². The molecule has 2 rings (SSSR count). The molecular formula is C18H23BrN2O3. The monoisotopic (exact) mass is 394 g/mol. The topological polar surface area (TPSA) is 52.5 Å². The first-order chi connectivity index (χ1) is 11.5. The largest absolute Gasteiger partial charge is 0.490 e. The van der Waals surface area contributed by atoms with Crippen molar-refractivity contribution >= 4 is 21.8 Å². The van der Waals surface area contributed by atoms with Crippen LogP contribution in [0.25, 0.3) is 0 Å². The third-order valence-corrected chi connectivity index (χ3v) is 3.94.